The van der Waals surface area contributed by atoms with Crippen molar-refractivity contribution in [2.24, 2.45) is 4.99 Å². The number of aliphatic imine (C=N–C) groups is 1. The van der Waals surface area contributed by atoms with Crippen LogP contribution in [0.4, 0.5) is 4.39 Å². The molecule has 26 heavy (non-hydrogen) atoms. The molecule has 1 saturated carbocycles. The van der Waals surface area contributed by atoms with Crippen LogP contribution in [-0.4, -0.2) is 31.1 Å². The quantitative estimate of drug-likeness (QED) is 0.268. The molecule has 0 saturated heterocycles. The van der Waals surface area contributed by atoms with E-state index in [1.54, 1.807) is 30.5 Å². The number of nitrogens with zero attached hydrogens (tertiary/aromatic N) is 2. The van der Waals surface area contributed by atoms with Gasteiger partial charge in [-0.25, -0.2) is 9.37 Å². The van der Waals surface area contributed by atoms with Crippen LogP contribution in [0.3, 0.4) is 0 Å². The first-order valence-electron chi connectivity index (χ1n) is 8.73. The number of aryl methyl sites for hydroxylation is 2. The van der Waals surface area contributed by atoms with Gasteiger partial charge in [0.2, 0.25) is 0 Å². The molecule has 2 aromatic rings. The number of guanidine groups is 1. The Kier molecular flexibility index (Phi) is 7.82. The standard InChI is InChI=1S/C19H25FN4S.HI/c1-14-12-25-17(24-14)8-5-11-22-18(21-2)23-13-19(9-10-19)15-6-3-4-7-16(15)20;/h3-4,6-7,12H,5,8-11,13H2,1-2H3,(H2,21,22,23);1H. The number of hydrogen-bond acceptors (Lipinski definition) is 3. The first-order chi connectivity index (χ1) is 12.1. The van der Waals surface area contributed by atoms with Gasteiger partial charge in [-0.05, 0) is 37.8 Å². The zero-order chi connectivity index (χ0) is 17.7. The van der Waals surface area contributed by atoms with E-state index in [0.717, 1.165) is 49.4 Å². The molecular formula is C19H26FIN4S. The zero-order valence-corrected chi connectivity index (χ0v) is 18.4. The lowest BCUT2D eigenvalue weighted by atomic mass is 9.95. The summed E-state index contributed by atoms with van der Waals surface area (Å²) < 4.78 is 14.1. The van der Waals surface area contributed by atoms with Gasteiger partial charge in [-0.15, -0.1) is 35.3 Å². The van der Waals surface area contributed by atoms with Gasteiger partial charge in [0.1, 0.15) is 5.82 Å². The molecule has 0 spiro atoms. The molecule has 7 heteroatoms. The summed E-state index contributed by atoms with van der Waals surface area (Å²) in [6.45, 7) is 3.57. The maximum absolute atomic E-state index is 14.1. The highest BCUT2D eigenvalue weighted by atomic mass is 127. The van der Waals surface area contributed by atoms with E-state index in [4.69, 9.17) is 0 Å². The number of aromatic nitrogens is 1. The third kappa shape index (κ3) is 5.39. The third-order valence-corrected chi connectivity index (χ3v) is 5.67. The van der Waals surface area contributed by atoms with Gasteiger partial charge in [-0.1, -0.05) is 18.2 Å². The molecule has 0 atom stereocenters. The van der Waals surface area contributed by atoms with Crippen LogP contribution < -0.4 is 10.6 Å². The van der Waals surface area contributed by atoms with Gasteiger partial charge >= 0.3 is 0 Å². The Morgan fingerprint density at radius 3 is 2.69 bits per heavy atom. The van der Waals surface area contributed by atoms with Crippen LogP contribution in [0.5, 0.6) is 0 Å². The summed E-state index contributed by atoms with van der Waals surface area (Å²) in [6.07, 6.45) is 4.01. The lowest BCUT2D eigenvalue weighted by Crippen LogP contribution is -2.41. The second-order valence-electron chi connectivity index (χ2n) is 6.60. The molecule has 2 N–H and O–H groups in total. The predicted octanol–water partition coefficient (Wildman–Crippen LogP) is 4.04. The monoisotopic (exact) mass is 488 g/mol. The minimum atomic E-state index is -0.108. The Bertz CT molecular complexity index is 743. The van der Waals surface area contributed by atoms with E-state index in [1.165, 1.54) is 5.01 Å². The summed E-state index contributed by atoms with van der Waals surface area (Å²) in [5.74, 6) is 0.668. The zero-order valence-electron chi connectivity index (χ0n) is 15.2. The van der Waals surface area contributed by atoms with Crippen molar-refractivity contribution in [3.05, 3.63) is 51.7 Å². The summed E-state index contributed by atoms with van der Waals surface area (Å²) in [5, 5.41) is 9.96. The highest BCUT2D eigenvalue weighted by molar-refractivity contribution is 14.0. The molecule has 1 aliphatic carbocycles. The van der Waals surface area contributed by atoms with E-state index in [1.807, 2.05) is 19.1 Å². The molecule has 1 heterocycles. The highest BCUT2D eigenvalue weighted by Gasteiger charge is 2.45. The fourth-order valence-electron chi connectivity index (χ4n) is 3.02. The topological polar surface area (TPSA) is 49.3 Å². The molecule has 1 aromatic heterocycles. The van der Waals surface area contributed by atoms with E-state index >= 15 is 0 Å². The molecule has 1 fully saturated rings. The van der Waals surface area contributed by atoms with E-state index in [9.17, 15) is 4.39 Å². The summed E-state index contributed by atoms with van der Waals surface area (Å²) >= 11 is 1.71. The van der Waals surface area contributed by atoms with Crippen LogP contribution in [0.2, 0.25) is 0 Å². The maximum atomic E-state index is 14.1. The molecule has 0 amide bonds. The SMILES string of the molecule is CN=C(NCCCc1nc(C)cs1)NCC1(c2ccccc2F)CC1.I. The van der Waals surface area contributed by atoms with E-state index in [0.29, 0.717) is 6.54 Å². The van der Waals surface area contributed by atoms with Crippen molar-refractivity contribution >= 4 is 41.3 Å². The average Bonchev–Trinajstić information content (AvgIpc) is 3.29. The Hall–Kier alpha value is -1.22. The van der Waals surface area contributed by atoms with Gasteiger partial charge in [-0.3, -0.25) is 4.99 Å². The lowest BCUT2D eigenvalue weighted by molar-refractivity contribution is 0.559. The molecule has 0 aliphatic heterocycles. The lowest BCUT2D eigenvalue weighted by Gasteiger charge is -2.19. The second kappa shape index (κ2) is 9.64. The van der Waals surface area contributed by atoms with E-state index < -0.39 is 0 Å². The minimum Gasteiger partial charge on any atom is -0.356 e. The maximum Gasteiger partial charge on any atom is 0.191 e. The van der Waals surface area contributed by atoms with Crippen molar-refractivity contribution < 1.29 is 4.39 Å². The second-order valence-corrected chi connectivity index (χ2v) is 7.54. The van der Waals surface area contributed by atoms with Crippen LogP contribution in [0.15, 0.2) is 34.6 Å². The fourth-order valence-corrected chi connectivity index (χ4v) is 3.84. The van der Waals surface area contributed by atoms with Gasteiger partial charge in [0.25, 0.3) is 0 Å². The van der Waals surface area contributed by atoms with Gasteiger partial charge in [0.05, 0.1) is 5.01 Å². The Morgan fingerprint density at radius 1 is 1.31 bits per heavy atom. The smallest absolute Gasteiger partial charge is 0.191 e. The van der Waals surface area contributed by atoms with Crippen molar-refractivity contribution in [1.29, 1.82) is 0 Å². The molecule has 1 aromatic carbocycles. The Balaban J connectivity index is 0.00000243. The fraction of sp³-hybridized carbons (Fsp3) is 0.474. The molecule has 1 aliphatic rings. The number of thiazole rings is 1. The van der Waals surface area contributed by atoms with Gasteiger partial charge in [0, 0.05) is 43.0 Å². The molecule has 0 bridgehead atoms. The molecule has 0 radical (unpaired) electrons. The van der Waals surface area contributed by atoms with E-state index in [-0.39, 0.29) is 35.2 Å². The van der Waals surface area contributed by atoms with Crippen molar-refractivity contribution in [1.82, 2.24) is 15.6 Å². The van der Waals surface area contributed by atoms with Gasteiger partial charge in [0.15, 0.2) is 5.96 Å². The Morgan fingerprint density at radius 2 is 2.08 bits per heavy atom. The van der Waals surface area contributed by atoms with Crippen molar-refractivity contribution in [3.63, 3.8) is 0 Å². The largest absolute Gasteiger partial charge is 0.356 e. The summed E-state index contributed by atoms with van der Waals surface area (Å²) in [6, 6.07) is 7.09. The number of benzene rings is 1. The van der Waals surface area contributed by atoms with Crippen LogP contribution in [0.1, 0.15) is 35.5 Å². The van der Waals surface area contributed by atoms with E-state index in [2.05, 4.69) is 26.0 Å². The molecule has 0 unspecified atom stereocenters. The van der Waals surface area contributed by atoms with Crippen LogP contribution in [-0.2, 0) is 11.8 Å². The van der Waals surface area contributed by atoms with Crippen LogP contribution in [0.25, 0.3) is 0 Å². The number of halogens is 2. The minimum absolute atomic E-state index is 0. The van der Waals surface area contributed by atoms with Crippen molar-refractivity contribution in [2.45, 2.75) is 38.0 Å². The van der Waals surface area contributed by atoms with Crippen LogP contribution in [0, 0.1) is 12.7 Å². The number of hydrogen-bond donors (Lipinski definition) is 2. The number of rotatable bonds is 7. The van der Waals surface area contributed by atoms with Crippen molar-refractivity contribution in [2.75, 3.05) is 20.1 Å². The summed E-state index contributed by atoms with van der Waals surface area (Å²) in [7, 11) is 1.77. The van der Waals surface area contributed by atoms with Gasteiger partial charge in [-0.2, -0.15) is 0 Å². The highest BCUT2D eigenvalue weighted by Crippen LogP contribution is 2.48. The van der Waals surface area contributed by atoms with Crippen molar-refractivity contribution in [3.8, 4) is 0 Å². The van der Waals surface area contributed by atoms with Gasteiger partial charge < -0.3 is 10.6 Å². The normalized spacial score (nSPS) is 15.3. The molecule has 4 nitrogen and oxygen atoms in total. The first-order valence-corrected chi connectivity index (χ1v) is 9.61. The molecule has 3 rings (SSSR count). The molecule has 142 valence electrons. The Labute approximate surface area is 175 Å². The molecular weight excluding hydrogens is 462 g/mol. The predicted molar refractivity (Wildman–Crippen MR) is 117 cm³/mol. The number of nitrogens with one attached hydrogen (secondary N) is 2. The third-order valence-electron chi connectivity index (χ3n) is 4.64. The first kappa shape index (κ1) is 21.1. The summed E-state index contributed by atoms with van der Waals surface area (Å²) in [5.41, 5.74) is 1.83. The summed E-state index contributed by atoms with van der Waals surface area (Å²) in [4.78, 5) is 8.75. The van der Waals surface area contributed by atoms with Crippen LogP contribution >= 0.6 is 35.3 Å². The average molecular weight is 488 g/mol.